The van der Waals surface area contributed by atoms with Crippen LogP contribution in [0.25, 0.3) is 0 Å². The quantitative estimate of drug-likeness (QED) is 0.843. The van der Waals surface area contributed by atoms with Gasteiger partial charge in [0.15, 0.2) is 0 Å². The van der Waals surface area contributed by atoms with E-state index >= 15 is 0 Å². The molecule has 0 fully saturated rings. The Balaban J connectivity index is 2.44. The number of hydrogen-bond donors (Lipinski definition) is 1. The van der Waals surface area contributed by atoms with Crippen molar-refractivity contribution in [2.24, 2.45) is 0 Å². The smallest absolute Gasteiger partial charge is 0.241 e. The Morgan fingerprint density at radius 3 is 2.40 bits per heavy atom. The summed E-state index contributed by atoms with van der Waals surface area (Å²) in [5, 5.41) is 10.4. The fourth-order valence-corrected chi connectivity index (χ4v) is 2.76. The van der Waals surface area contributed by atoms with Gasteiger partial charge in [-0.1, -0.05) is 0 Å². The van der Waals surface area contributed by atoms with Gasteiger partial charge in [0, 0.05) is 15.1 Å². The van der Waals surface area contributed by atoms with Crippen molar-refractivity contribution in [1.82, 2.24) is 15.0 Å². The highest BCUT2D eigenvalue weighted by molar-refractivity contribution is 9.11. The zero-order valence-corrected chi connectivity index (χ0v) is 13.8. The van der Waals surface area contributed by atoms with Gasteiger partial charge in [-0.2, -0.15) is 4.98 Å². The van der Waals surface area contributed by atoms with Gasteiger partial charge >= 0.3 is 0 Å². The largest absolute Gasteiger partial charge is 0.480 e. The highest BCUT2D eigenvalue weighted by Crippen LogP contribution is 2.31. The summed E-state index contributed by atoms with van der Waals surface area (Å²) in [5.74, 6) is 0.495. The minimum Gasteiger partial charge on any atom is -0.480 e. The number of nitrogens with zero attached hydrogens (tertiary/aromatic N) is 3. The average molecular weight is 405 g/mol. The van der Waals surface area contributed by atoms with Gasteiger partial charge < -0.3 is 14.6 Å². The van der Waals surface area contributed by atoms with E-state index in [2.05, 4.69) is 46.8 Å². The third kappa shape index (κ3) is 3.08. The predicted molar refractivity (Wildman–Crippen MR) is 78.8 cm³/mol. The van der Waals surface area contributed by atoms with Crippen LogP contribution in [0.4, 0.5) is 0 Å². The number of pyridine rings is 1. The van der Waals surface area contributed by atoms with E-state index in [1.807, 2.05) is 0 Å². The fraction of sp³-hybridized carbons (Fsp3) is 0.250. The molecule has 2 rings (SSSR count). The van der Waals surface area contributed by atoms with Crippen molar-refractivity contribution in [3.8, 4) is 11.8 Å². The van der Waals surface area contributed by atoms with Crippen LogP contribution in [0.3, 0.4) is 0 Å². The van der Waals surface area contributed by atoms with Crippen LogP contribution in [-0.4, -0.2) is 34.3 Å². The standard InChI is InChI=1S/C12H11Br2N3O3/c1-19-8-5-16-10(12(17-8)20-2)11(18)9-7(14)3-6(13)4-15-9/h3-5,11,18H,1-2H3. The van der Waals surface area contributed by atoms with E-state index in [4.69, 9.17) is 9.47 Å². The van der Waals surface area contributed by atoms with Crippen molar-refractivity contribution in [3.05, 3.63) is 38.8 Å². The molecule has 0 aliphatic heterocycles. The topological polar surface area (TPSA) is 77.4 Å². The molecule has 2 aromatic heterocycles. The SMILES string of the molecule is COc1cnc(C(O)c2ncc(Br)cc2Br)c(OC)n1. The molecule has 0 radical (unpaired) electrons. The summed E-state index contributed by atoms with van der Waals surface area (Å²) in [4.78, 5) is 12.4. The van der Waals surface area contributed by atoms with Crippen molar-refractivity contribution in [2.75, 3.05) is 14.2 Å². The zero-order valence-electron chi connectivity index (χ0n) is 10.7. The lowest BCUT2D eigenvalue weighted by atomic mass is 10.1. The number of methoxy groups -OCH3 is 2. The lowest BCUT2D eigenvalue weighted by Gasteiger charge is -2.14. The third-order valence-electron chi connectivity index (χ3n) is 2.50. The summed E-state index contributed by atoms with van der Waals surface area (Å²) in [6.45, 7) is 0. The third-order valence-corrected chi connectivity index (χ3v) is 3.57. The lowest BCUT2D eigenvalue weighted by Crippen LogP contribution is -2.09. The van der Waals surface area contributed by atoms with Crippen LogP contribution in [-0.2, 0) is 0 Å². The Labute approximate surface area is 132 Å². The molecule has 0 bridgehead atoms. The highest BCUT2D eigenvalue weighted by atomic mass is 79.9. The Morgan fingerprint density at radius 1 is 1.10 bits per heavy atom. The van der Waals surface area contributed by atoms with Crippen molar-refractivity contribution < 1.29 is 14.6 Å². The van der Waals surface area contributed by atoms with Crippen molar-refractivity contribution in [3.63, 3.8) is 0 Å². The molecule has 0 saturated heterocycles. The van der Waals surface area contributed by atoms with Gasteiger partial charge in [-0.05, 0) is 37.9 Å². The summed E-state index contributed by atoms with van der Waals surface area (Å²) in [6.07, 6.45) is 1.94. The van der Waals surface area contributed by atoms with Gasteiger partial charge in [0.2, 0.25) is 11.8 Å². The first-order chi connectivity index (χ1) is 9.56. The van der Waals surface area contributed by atoms with Crippen molar-refractivity contribution >= 4 is 31.9 Å². The number of halogens is 2. The molecule has 1 N–H and O–H groups in total. The van der Waals surface area contributed by atoms with Crippen LogP contribution in [0.15, 0.2) is 27.4 Å². The van der Waals surface area contributed by atoms with E-state index < -0.39 is 6.10 Å². The van der Waals surface area contributed by atoms with Crippen LogP contribution >= 0.6 is 31.9 Å². The van der Waals surface area contributed by atoms with Gasteiger partial charge in [0.1, 0.15) is 11.8 Å². The molecule has 0 aliphatic carbocycles. The zero-order chi connectivity index (χ0) is 14.7. The normalized spacial score (nSPS) is 12.1. The maximum Gasteiger partial charge on any atom is 0.241 e. The molecule has 1 atom stereocenters. The molecular formula is C12H11Br2N3O3. The van der Waals surface area contributed by atoms with Gasteiger partial charge in [-0.3, -0.25) is 4.98 Å². The molecular weight excluding hydrogens is 394 g/mol. The summed E-state index contributed by atoms with van der Waals surface area (Å²) in [6, 6.07) is 1.79. The van der Waals surface area contributed by atoms with Gasteiger partial charge in [0.05, 0.1) is 26.1 Å². The summed E-state index contributed by atoms with van der Waals surface area (Å²) in [5.41, 5.74) is 0.690. The maximum absolute atomic E-state index is 10.4. The summed E-state index contributed by atoms with van der Waals surface area (Å²) < 4.78 is 11.5. The molecule has 0 amide bonds. The van der Waals surface area contributed by atoms with E-state index in [0.29, 0.717) is 16.0 Å². The number of aliphatic hydroxyl groups excluding tert-OH is 1. The Bertz CT molecular complexity index is 625. The van der Waals surface area contributed by atoms with Crippen LogP contribution in [0.2, 0.25) is 0 Å². The molecule has 8 heteroatoms. The van der Waals surface area contributed by atoms with E-state index in [1.54, 1.807) is 12.3 Å². The highest BCUT2D eigenvalue weighted by Gasteiger charge is 2.22. The molecule has 20 heavy (non-hydrogen) atoms. The summed E-state index contributed by atoms with van der Waals surface area (Å²) >= 11 is 6.66. The molecule has 0 aromatic carbocycles. The summed E-state index contributed by atoms with van der Waals surface area (Å²) in [7, 11) is 2.93. The fourth-order valence-electron chi connectivity index (χ4n) is 1.56. The molecule has 0 spiro atoms. The second-order valence-corrected chi connectivity index (χ2v) is 5.50. The second kappa shape index (κ2) is 6.47. The van der Waals surface area contributed by atoms with Crippen LogP contribution < -0.4 is 9.47 Å². The first-order valence-corrected chi connectivity index (χ1v) is 7.09. The van der Waals surface area contributed by atoms with Crippen LogP contribution in [0, 0.1) is 0 Å². The number of ether oxygens (including phenoxy) is 2. The first kappa shape index (κ1) is 15.1. The average Bonchev–Trinajstić information content (AvgIpc) is 2.46. The first-order valence-electron chi connectivity index (χ1n) is 5.50. The number of rotatable bonds is 4. The predicted octanol–water partition coefficient (Wildman–Crippen LogP) is 2.50. The molecule has 2 heterocycles. The molecule has 6 nitrogen and oxygen atoms in total. The monoisotopic (exact) mass is 403 g/mol. The van der Waals surface area contributed by atoms with Crippen LogP contribution in [0.1, 0.15) is 17.5 Å². The van der Waals surface area contributed by atoms with Gasteiger partial charge in [-0.25, -0.2) is 4.98 Å². The Morgan fingerprint density at radius 2 is 1.80 bits per heavy atom. The van der Waals surface area contributed by atoms with E-state index in [9.17, 15) is 5.11 Å². The molecule has 0 saturated carbocycles. The lowest BCUT2D eigenvalue weighted by molar-refractivity contribution is 0.201. The Hall–Kier alpha value is -1.25. The second-order valence-electron chi connectivity index (χ2n) is 3.73. The molecule has 0 aliphatic rings. The van der Waals surface area contributed by atoms with Gasteiger partial charge in [0.25, 0.3) is 0 Å². The number of aromatic nitrogens is 3. The maximum atomic E-state index is 10.4. The minimum atomic E-state index is -1.06. The molecule has 1 unspecified atom stereocenters. The van der Waals surface area contributed by atoms with E-state index in [0.717, 1.165) is 4.47 Å². The van der Waals surface area contributed by atoms with E-state index in [-0.39, 0.29) is 11.6 Å². The molecule has 2 aromatic rings. The minimum absolute atomic E-state index is 0.188. The van der Waals surface area contributed by atoms with E-state index in [1.165, 1.54) is 20.4 Å². The number of hydrogen-bond acceptors (Lipinski definition) is 6. The molecule has 106 valence electrons. The van der Waals surface area contributed by atoms with Crippen LogP contribution in [0.5, 0.6) is 11.8 Å². The van der Waals surface area contributed by atoms with Crippen molar-refractivity contribution in [2.45, 2.75) is 6.10 Å². The Kier molecular flexibility index (Phi) is 4.90. The van der Waals surface area contributed by atoms with Crippen molar-refractivity contribution in [1.29, 1.82) is 0 Å². The van der Waals surface area contributed by atoms with Gasteiger partial charge in [-0.15, -0.1) is 0 Å². The number of aliphatic hydroxyl groups is 1.